The summed E-state index contributed by atoms with van der Waals surface area (Å²) >= 11 is 0. The fourth-order valence-electron chi connectivity index (χ4n) is 4.09. The summed E-state index contributed by atoms with van der Waals surface area (Å²) in [4.78, 5) is 14.1. The van der Waals surface area contributed by atoms with Crippen molar-refractivity contribution in [2.75, 3.05) is 13.1 Å². The highest BCUT2D eigenvalue weighted by atomic mass is 16.4. The Bertz CT molecular complexity index is 312. The van der Waals surface area contributed by atoms with E-state index in [-0.39, 0.29) is 5.92 Å². The van der Waals surface area contributed by atoms with Crippen LogP contribution in [0.5, 0.6) is 0 Å². The van der Waals surface area contributed by atoms with Gasteiger partial charge in [-0.25, -0.2) is 0 Å². The van der Waals surface area contributed by atoms with Gasteiger partial charge in [0.05, 0.1) is 5.92 Å². The van der Waals surface area contributed by atoms with Crippen LogP contribution < -0.4 is 0 Å². The molecule has 2 fully saturated rings. The number of rotatable bonds is 4. The Morgan fingerprint density at radius 2 is 1.89 bits per heavy atom. The van der Waals surface area contributed by atoms with Gasteiger partial charge >= 0.3 is 5.97 Å². The molecule has 0 spiro atoms. The fourth-order valence-corrected chi connectivity index (χ4v) is 4.09. The molecular formula is C16H29NO2. The van der Waals surface area contributed by atoms with Crippen molar-refractivity contribution in [2.45, 2.75) is 71.3 Å². The standard InChI is InChI=1S/C16H29NO2/c1-3-16(4-2)10-11-17(12-16)14-9-7-5-6-8-13(14)15(18)19/h13-14H,3-12H2,1-2H3,(H,18,19). The average molecular weight is 267 g/mol. The second kappa shape index (κ2) is 6.25. The van der Waals surface area contributed by atoms with Crippen LogP contribution in [0.3, 0.4) is 0 Å². The summed E-state index contributed by atoms with van der Waals surface area (Å²) in [6.07, 6.45) is 9.17. The molecule has 0 aromatic rings. The first-order valence-corrected chi connectivity index (χ1v) is 8.09. The topological polar surface area (TPSA) is 40.5 Å². The van der Waals surface area contributed by atoms with Gasteiger partial charge in [-0.05, 0) is 44.1 Å². The molecule has 1 saturated heterocycles. The lowest BCUT2D eigenvalue weighted by Crippen LogP contribution is -2.43. The van der Waals surface area contributed by atoms with E-state index in [0.717, 1.165) is 32.4 Å². The van der Waals surface area contributed by atoms with Gasteiger partial charge in [0.2, 0.25) is 0 Å². The number of aliphatic carboxylic acids is 1. The molecule has 1 saturated carbocycles. The number of carbonyl (C=O) groups is 1. The van der Waals surface area contributed by atoms with Crippen LogP contribution in [0.15, 0.2) is 0 Å². The fraction of sp³-hybridized carbons (Fsp3) is 0.938. The van der Waals surface area contributed by atoms with Gasteiger partial charge in [-0.15, -0.1) is 0 Å². The van der Waals surface area contributed by atoms with Crippen molar-refractivity contribution in [1.29, 1.82) is 0 Å². The number of hydrogen-bond donors (Lipinski definition) is 1. The van der Waals surface area contributed by atoms with Gasteiger partial charge in [0.25, 0.3) is 0 Å². The highest BCUT2D eigenvalue weighted by Gasteiger charge is 2.41. The van der Waals surface area contributed by atoms with Gasteiger partial charge in [0.1, 0.15) is 0 Å². The molecule has 1 aliphatic heterocycles. The zero-order valence-corrected chi connectivity index (χ0v) is 12.5. The molecule has 1 aliphatic carbocycles. The first-order chi connectivity index (χ1) is 9.12. The Morgan fingerprint density at radius 3 is 2.47 bits per heavy atom. The number of carboxylic acid groups (broad SMARTS) is 1. The molecule has 2 rings (SSSR count). The normalized spacial score (nSPS) is 32.1. The lowest BCUT2D eigenvalue weighted by molar-refractivity contribution is -0.144. The van der Waals surface area contributed by atoms with E-state index in [1.165, 1.54) is 32.1 Å². The van der Waals surface area contributed by atoms with Gasteiger partial charge in [-0.3, -0.25) is 9.69 Å². The van der Waals surface area contributed by atoms with Crippen LogP contribution in [-0.2, 0) is 4.79 Å². The molecule has 0 radical (unpaired) electrons. The Hall–Kier alpha value is -0.570. The van der Waals surface area contributed by atoms with Crippen LogP contribution in [0.1, 0.15) is 65.2 Å². The minimum absolute atomic E-state index is 0.132. The minimum Gasteiger partial charge on any atom is -0.481 e. The van der Waals surface area contributed by atoms with Crippen molar-refractivity contribution in [3.63, 3.8) is 0 Å². The smallest absolute Gasteiger partial charge is 0.308 e. The van der Waals surface area contributed by atoms with E-state index < -0.39 is 5.97 Å². The molecule has 1 N–H and O–H groups in total. The summed E-state index contributed by atoms with van der Waals surface area (Å²) in [6, 6.07) is 0.292. The molecule has 3 heteroatoms. The van der Waals surface area contributed by atoms with Gasteiger partial charge in [0.15, 0.2) is 0 Å². The summed E-state index contributed by atoms with van der Waals surface area (Å²) in [6.45, 7) is 6.80. The first-order valence-electron chi connectivity index (χ1n) is 8.09. The summed E-state index contributed by atoms with van der Waals surface area (Å²) in [7, 11) is 0. The molecule has 19 heavy (non-hydrogen) atoms. The Morgan fingerprint density at radius 1 is 1.21 bits per heavy atom. The van der Waals surface area contributed by atoms with Crippen LogP contribution >= 0.6 is 0 Å². The molecule has 2 aliphatic rings. The molecule has 3 nitrogen and oxygen atoms in total. The second-order valence-corrected chi connectivity index (χ2v) is 6.58. The lowest BCUT2D eigenvalue weighted by Gasteiger charge is -2.33. The Labute approximate surface area is 117 Å². The first kappa shape index (κ1) is 14.8. The second-order valence-electron chi connectivity index (χ2n) is 6.58. The zero-order valence-electron chi connectivity index (χ0n) is 12.5. The summed E-state index contributed by atoms with van der Waals surface area (Å²) < 4.78 is 0. The van der Waals surface area contributed by atoms with E-state index in [1.807, 2.05) is 0 Å². The van der Waals surface area contributed by atoms with Gasteiger partial charge < -0.3 is 5.11 Å². The lowest BCUT2D eigenvalue weighted by atomic mass is 9.81. The molecule has 1 heterocycles. The molecule has 2 unspecified atom stereocenters. The third-order valence-electron chi connectivity index (χ3n) is 5.73. The maximum Gasteiger partial charge on any atom is 0.308 e. The maximum absolute atomic E-state index is 11.5. The summed E-state index contributed by atoms with van der Waals surface area (Å²) in [5.41, 5.74) is 0.454. The van der Waals surface area contributed by atoms with Crippen LogP contribution in [0.25, 0.3) is 0 Å². The number of hydrogen-bond acceptors (Lipinski definition) is 2. The molecule has 110 valence electrons. The van der Waals surface area contributed by atoms with E-state index >= 15 is 0 Å². The van der Waals surface area contributed by atoms with Crippen molar-refractivity contribution in [2.24, 2.45) is 11.3 Å². The highest BCUT2D eigenvalue weighted by Crippen LogP contribution is 2.40. The molecule has 0 aromatic heterocycles. The molecule has 0 bridgehead atoms. The molecular weight excluding hydrogens is 238 g/mol. The SMILES string of the molecule is CCC1(CC)CCN(C2CCCCCC2C(=O)O)C1. The van der Waals surface area contributed by atoms with Crippen LogP contribution in [-0.4, -0.2) is 35.1 Å². The van der Waals surface area contributed by atoms with Crippen LogP contribution in [0.2, 0.25) is 0 Å². The van der Waals surface area contributed by atoms with Gasteiger partial charge in [-0.1, -0.05) is 33.1 Å². The number of likely N-dealkylation sites (tertiary alicyclic amines) is 1. The average Bonchev–Trinajstić information content (AvgIpc) is 2.69. The van der Waals surface area contributed by atoms with Gasteiger partial charge in [0, 0.05) is 12.6 Å². The zero-order chi connectivity index (χ0) is 13.9. The van der Waals surface area contributed by atoms with E-state index in [2.05, 4.69) is 18.7 Å². The van der Waals surface area contributed by atoms with Crippen molar-refractivity contribution in [3.05, 3.63) is 0 Å². The van der Waals surface area contributed by atoms with E-state index in [9.17, 15) is 9.90 Å². The van der Waals surface area contributed by atoms with Crippen LogP contribution in [0.4, 0.5) is 0 Å². The predicted molar refractivity (Wildman–Crippen MR) is 77.2 cm³/mol. The highest BCUT2D eigenvalue weighted by molar-refractivity contribution is 5.71. The van der Waals surface area contributed by atoms with Crippen molar-refractivity contribution in [1.82, 2.24) is 4.90 Å². The summed E-state index contributed by atoms with van der Waals surface area (Å²) in [5.74, 6) is -0.704. The largest absolute Gasteiger partial charge is 0.481 e. The van der Waals surface area contributed by atoms with Crippen molar-refractivity contribution < 1.29 is 9.90 Å². The molecule has 0 amide bonds. The minimum atomic E-state index is -0.572. The molecule has 2 atom stereocenters. The van der Waals surface area contributed by atoms with Gasteiger partial charge in [-0.2, -0.15) is 0 Å². The third-order valence-corrected chi connectivity index (χ3v) is 5.73. The van der Waals surface area contributed by atoms with Crippen LogP contribution in [0, 0.1) is 11.3 Å². The number of nitrogens with zero attached hydrogens (tertiary/aromatic N) is 1. The monoisotopic (exact) mass is 267 g/mol. The quantitative estimate of drug-likeness (QED) is 0.792. The Kier molecular flexibility index (Phi) is 4.88. The van der Waals surface area contributed by atoms with Crippen molar-refractivity contribution in [3.8, 4) is 0 Å². The van der Waals surface area contributed by atoms with Crippen molar-refractivity contribution >= 4 is 5.97 Å². The van der Waals surface area contributed by atoms with E-state index in [4.69, 9.17) is 0 Å². The van der Waals surface area contributed by atoms with E-state index in [1.54, 1.807) is 0 Å². The predicted octanol–water partition coefficient (Wildman–Crippen LogP) is 3.53. The molecule has 0 aromatic carbocycles. The van der Waals surface area contributed by atoms with E-state index in [0.29, 0.717) is 11.5 Å². The maximum atomic E-state index is 11.5. The Balaban J connectivity index is 2.08. The summed E-state index contributed by atoms with van der Waals surface area (Å²) in [5, 5.41) is 9.51. The number of carboxylic acids is 1. The third kappa shape index (κ3) is 3.13.